The predicted molar refractivity (Wildman–Crippen MR) is 82.1 cm³/mol. The van der Waals surface area contributed by atoms with Crippen LogP contribution in [0.3, 0.4) is 0 Å². The van der Waals surface area contributed by atoms with Gasteiger partial charge in [0, 0.05) is 25.8 Å². The third kappa shape index (κ3) is 4.29. The summed E-state index contributed by atoms with van der Waals surface area (Å²) >= 11 is 0. The van der Waals surface area contributed by atoms with E-state index >= 15 is 0 Å². The quantitative estimate of drug-likeness (QED) is 0.882. The van der Waals surface area contributed by atoms with Crippen LogP contribution in [0.1, 0.15) is 38.6 Å². The van der Waals surface area contributed by atoms with Crippen molar-refractivity contribution in [2.75, 3.05) is 19.0 Å². The van der Waals surface area contributed by atoms with Crippen LogP contribution in [0.4, 0.5) is 5.69 Å². The average molecular weight is 289 g/mol. The maximum absolute atomic E-state index is 5.49. The highest BCUT2D eigenvalue weighted by Gasteiger charge is 2.30. The molecule has 1 atom stereocenters. The van der Waals surface area contributed by atoms with E-state index in [1.54, 1.807) is 7.11 Å². The largest absolute Gasteiger partial charge is 0.385 e. The molecule has 1 heterocycles. The SMILES string of the molecule is COC(c1noc(CCNc2ccccc2)n1)C(C)(C)C. The second-order valence-corrected chi connectivity index (χ2v) is 6.07. The van der Waals surface area contributed by atoms with Crippen molar-refractivity contribution in [3.8, 4) is 0 Å². The minimum Gasteiger partial charge on any atom is -0.385 e. The summed E-state index contributed by atoms with van der Waals surface area (Å²) in [5, 5.41) is 7.36. The Labute approximate surface area is 125 Å². The van der Waals surface area contributed by atoms with Crippen molar-refractivity contribution in [2.45, 2.75) is 33.3 Å². The van der Waals surface area contributed by atoms with Crippen LogP contribution in [0.5, 0.6) is 0 Å². The van der Waals surface area contributed by atoms with Gasteiger partial charge in [-0.3, -0.25) is 0 Å². The number of aromatic nitrogens is 2. The number of hydrogen-bond acceptors (Lipinski definition) is 5. The number of hydrogen-bond donors (Lipinski definition) is 1. The standard InChI is InChI=1S/C16H23N3O2/c1-16(2,3)14(20-4)15-18-13(21-19-15)10-11-17-12-8-6-5-7-9-12/h5-9,14,17H,10-11H2,1-4H3. The number of benzene rings is 1. The van der Waals surface area contributed by atoms with E-state index in [9.17, 15) is 0 Å². The van der Waals surface area contributed by atoms with Crippen LogP contribution in [0.2, 0.25) is 0 Å². The summed E-state index contributed by atoms with van der Waals surface area (Å²) < 4.78 is 10.8. The molecular formula is C16H23N3O2. The normalized spacial score (nSPS) is 13.1. The molecule has 0 aliphatic heterocycles. The van der Waals surface area contributed by atoms with Crippen molar-refractivity contribution >= 4 is 5.69 Å². The van der Waals surface area contributed by atoms with E-state index in [4.69, 9.17) is 9.26 Å². The maximum Gasteiger partial charge on any atom is 0.228 e. The van der Waals surface area contributed by atoms with E-state index < -0.39 is 0 Å². The van der Waals surface area contributed by atoms with Crippen molar-refractivity contribution in [1.29, 1.82) is 0 Å². The Balaban J connectivity index is 1.91. The molecule has 0 aliphatic rings. The maximum atomic E-state index is 5.49. The number of ether oxygens (including phenoxy) is 1. The molecule has 0 fully saturated rings. The van der Waals surface area contributed by atoms with Gasteiger partial charge < -0.3 is 14.6 Å². The molecule has 0 bridgehead atoms. The second kappa shape index (κ2) is 6.72. The zero-order chi connectivity index (χ0) is 15.3. The van der Waals surface area contributed by atoms with Gasteiger partial charge in [0.05, 0.1) is 0 Å². The minimum absolute atomic E-state index is 0.0712. The fourth-order valence-corrected chi connectivity index (χ4v) is 2.19. The zero-order valence-electron chi connectivity index (χ0n) is 13.1. The van der Waals surface area contributed by atoms with Gasteiger partial charge in [0.25, 0.3) is 0 Å². The topological polar surface area (TPSA) is 60.2 Å². The molecule has 5 nitrogen and oxygen atoms in total. The van der Waals surface area contributed by atoms with Crippen molar-refractivity contribution < 1.29 is 9.26 Å². The van der Waals surface area contributed by atoms with E-state index in [1.165, 1.54) is 0 Å². The van der Waals surface area contributed by atoms with Crippen LogP contribution in [-0.2, 0) is 11.2 Å². The summed E-state index contributed by atoms with van der Waals surface area (Å²) in [6, 6.07) is 10.0. The lowest BCUT2D eigenvalue weighted by molar-refractivity contribution is 0.00718. The molecule has 0 radical (unpaired) electrons. The van der Waals surface area contributed by atoms with Gasteiger partial charge in [0.2, 0.25) is 11.7 Å². The Morgan fingerprint density at radius 2 is 1.95 bits per heavy atom. The van der Waals surface area contributed by atoms with Crippen molar-refractivity contribution in [2.24, 2.45) is 5.41 Å². The molecule has 0 saturated heterocycles. The van der Waals surface area contributed by atoms with Gasteiger partial charge in [-0.05, 0) is 17.5 Å². The third-order valence-corrected chi connectivity index (χ3v) is 3.18. The number of nitrogens with zero attached hydrogens (tertiary/aromatic N) is 2. The fraction of sp³-hybridized carbons (Fsp3) is 0.500. The van der Waals surface area contributed by atoms with Crippen LogP contribution < -0.4 is 5.32 Å². The summed E-state index contributed by atoms with van der Waals surface area (Å²) in [7, 11) is 1.67. The third-order valence-electron chi connectivity index (χ3n) is 3.18. The molecule has 0 amide bonds. The van der Waals surface area contributed by atoms with E-state index in [2.05, 4.69) is 36.2 Å². The van der Waals surface area contributed by atoms with Crippen LogP contribution in [0.25, 0.3) is 0 Å². The highest BCUT2D eigenvalue weighted by molar-refractivity contribution is 5.42. The van der Waals surface area contributed by atoms with Crippen LogP contribution in [0, 0.1) is 5.41 Å². The lowest BCUT2D eigenvalue weighted by Gasteiger charge is -2.26. The Bertz CT molecular complexity index is 546. The molecule has 21 heavy (non-hydrogen) atoms. The van der Waals surface area contributed by atoms with Gasteiger partial charge in [-0.2, -0.15) is 4.98 Å². The summed E-state index contributed by atoms with van der Waals surface area (Å²) in [5.41, 5.74) is 1.01. The smallest absolute Gasteiger partial charge is 0.228 e. The fourth-order valence-electron chi connectivity index (χ4n) is 2.19. The number of nitrogens with one attached hydrogen (secondary N) is 1. The van der Waals surface area contributed by atoms with Gasteiger partial charge in [-0.1, -0.05) is 44.1 Å². The molecule has 0 saturated carbocycles. The molecule has 1 aromatic carbocycles. The highest BCUT2D eigenvalue weighted by atomic mass is 16.5. The van der Waals surface area contributed by atoms with E-state index in [1.807, 2.05) is 30.3 Å². The zero-order valence-corrected chi connectivity index (χ0v) is 13.1. The first-order valence-electron chi connectivity index (χ1n) is 7.15. The molecule has 1 unspecified atom stereocenters. The van der Waals surface area contributed by atoms with Gasteiger partial charge in [0.1, 0.15) is 6.10 Å². The summed E-state index contributed by atoms with van der Waals surface area (Å²) in [6.07, 6.45) is 0.514. The van der Waals surface area contributed by atoms with Crippen molar-refractivity contribution in [1.82, 2.24) is 10.1 Å². The first-order valence-corrected chi connectivity index (χ1v) is 7.15. The first-order chi connectivity index (χ1) is 10.0. The van der Waals surface area contributed by atoms with E-state index in [-0.39, 0.29) is 11.5 Å². The average Bonchev–Trinajstić information content (AvgIpc) is 2.87. The van der Waals surface area contributed by atoms with Crippen molar-refractivity contribution in [3.05, 3.63) is 42.0 Å². The second-order valence-electron chi connectivity index (χ2n) is 6.07. The summed E-state index contributed by atoms with van der Waals surface area (Å²) in [6.45, 7) is 7.02. The first kappa shape index (κ1) is 15.5. The van der Waals surface area contributed by atoms with Gasteiger partial charge in [-0.15, -0.1) is 0 Å². The van der Waals surface area contributed by atoms with Gasteiger partial charge in [0.15, 0.2) is 0 Å². The minimum atomic E-state index is -0.169. The predicted octanol–water partition coefficient (Wildman–Crippen LogP) is 3.46. The number of rotatable bonds is 6. The van der Waals surface area contributed by atoms with Crippen LogP contribution in [-0.4, -0.2) is 23.8 Å². The van der Waals surface area contributed by atoms with E-state index in [0.717, 1.165) is 12.2 Å². The monoisotopic (exact) mass is 289 g/mol. The molecule has 0 spiro atoms. The highest BCUT2D eigenvalue weighted by Crippen LogP contribution is 2.33. The lowest BCUT2D eigenvalue weighted by atomic mass is 9.88. The Morgan fingerprint density at radius 3 is 2.57 bits per heavy atom. The Kier molecular flexibility index (Phi) is 4.96. The van der Waals surface area contributed by atoms with Gasteiger partial charge in [-0.25, -0.2) is 0 Å². The molecule has 114 valence electrons. The molecule has 2 aromatic rings. The molecular weight excluding hydrogens is 266 g/mol. The summed E-state index contributed by atoms with van der Waals surface area (Å²) in [5.74, 6) is 1.24. The Hall–Kier alpha value is -1.88. The molecule has 5 heteroatoms. The number of methoxy groups -OCH3 is 1. The molecule has 1 aromatic heterocycles. The number of anilines is 1. The van der Waals surface area contributed by atoms with Crippen LogP contribution >= 0.6 is 0 Å². The number of para-hydroxylation sites is 1. The molecule has 2 rings (SSSR count). The lowest BCUT2D eigenvalue weighted by Crippen LogP contribution is -2.21. The summed E-state index contributed by atoms with van der Waals surface area (Å²) in [4.78, 5) is 4.44. The molecule has 1 N–H and O–H groups in total. The van der Waals surface area contributed by atoms with E-state index in [0.29, 0.717) is 18.1 Å². The van der Waals surface area contributed by atoms with Gasteiger partial charge >= 0.3 is 0 Å². The molecule has 0 aliphatic carbocycles. The Morgan fingerprint density at radius 1 is 1.24 bits per heavy atom. The van der Waals surface area contributed by atoms with Crippen LogP contribution in [0.15, 0.2) is 34.9 Å². The van der Waals surface area contributed by atoms with Crippen molar-refractivity contribution in [3.63, 3.8) is 0 Å².